The Balaban J connectivity index is 2.03. The first-order chi connectivity index (χ1) is 9.93. The summed E-state index contributed by atoms with van der Waals surface area (Å²) < 4.78 is 2.68. The van der Waals surface area contributed by atoms with Crippen LogP contribution in [0.4, 0.5) is 0 Å². The average Bonchev–Trinajstić information content (AvgIpc) is 2.74. The molecule has 3 unspecified atom stereocenters. The van der Waals surface area contributed by atoms with Crippen molar-refractivity contribution in [2.45, 2.75) is 76.6 Å². The Kier molecular flexibility index (Phi) is 4.17. The molecule has 3 rings (SSSR count). The minimum absolute atomic E-state index is 0.222. The fourth-order valence-electron chi connectivity index (χ4n) is 4.58. The van der Waals surface area contributed by atoms with Gasteiger partial charge in [0.15, 0.2) is 0 Å². The van der Waals surface area contributed by atoms with Gasteiger partial charge in [0.05, 0.1) is 0 Å². The molecular formula is C18H30N2S. The molecule has 2 nitrogen and oxygen atoms in total. The molecule has 118 valence electrons. The number of hydrogen-bond acceptors (Lipinski definition) is 2. The van der Waals surface area contributed by atoms with Crippen molar-refractivity contribution < 1.29 is 0 Å². The quantitative estimate of drug-likeness (QED) is 0.864. The van der Waals surface area contributed by atoms with Gasteiger partial charge in [-0.1, -0.05) is 26.7 Å². The van der Waals surface area contributed by atoms with Crippen molar-refractivity contribution in [2.75, 3.05) is 6.26 Å². The van der Waals surface area contributed by atoms with E-state index < -0.39 is 0 Å². The summed E-state index contributed by atoms with van der Waals surface area (Å²) in [5, 5.41) is 0.773. The molecule has 1 fully saturated rings. The second kappa shape index (κ2) is 5.66. The summed E-state index contributed by atoms with van der Waals surface area (Å²) in [6, 6.07) is 3.28. The third-order valence-electron chi connectivity index (χ3n) is 5.49. The molecule has 3 atom stereocenters. The molecule has 1 heterocycles. The van der Waals surface area contributed by atoms with Gasteiger partial charge < -0.3 is 10.3 Å². The number of rotatable bonds is 2. The predicted molar refractivity (Wildman–Crippen MR) is 93.0 cm³/mol. The van der Waals surface area contributed by atoms with Gasteiger partial charge in [-0.15, -0.1) is 0 Å². The highest BCUT2D eigenvalue weighted by atomic mass is 32.2. The first kappa shape index (κ1) is 15.5. The lowest BCUT2D eigenvalue weighted by atomic mass is 9.74. The van der Waals surface area contributed by atoms with Crippen LogP contribution < -0.4 is 5.73 Å². The first-order valence-corrected chi connectivity index (χ1v) is 9.71. The maximum absolute atomic E-state index is 6.48. The highest BCUT2D eigenvalue weighted by Crippen LogP contribution is 2.45. The average molecular weight is 307 g/mol. The maximum Gasteiger partial charge on any atom is 0.0454 e. The summed E-state index contributed by atoms with van der Waals surface area (Å²) in [6.45, 7) is 7.02. The van der Waals surface area contributed by atoms with E-state index in [-0.39, 0.29) is 6.04 Å². The Morgan fingerprint density at radius 3 is 2.71 bits per heavy atom. The Morgan fingerprint density at radius 1 is 1.29 bits per heavy atom. The van der Waals surface area contributed by atoms with Crippen LogP contribution in [0.1, 0.15) is 75.0 Å². The van der Waals surface area contributed by atoms with E-state index in [1.807, 2.05) is 0 Å². The molecule has 21 heavy (non-hydrogen) atoms. The summed E-state index contributed by atoms with van der Waals surface area (Å²) in [5.74, 6) is 0. The largest absolute Gasteiger partial charge is 0.344 e. The van der Waals surface area contributed by atoms with Crippen molar-refractivity contribution in [1.29, 1.82) is 0 Å². The van der Waals surface area contributed by atoms with E-state index in [1.165, 1.54) is 43.4 Å². The molecule has 1 aromatic heterocycles. The summed E-state index contributed by atoms with van der Waals surface area (Å²) in [7, 11) is 0. The van der Waals surface area contributed by atoms with Gasteiger partial charge in [-0.05, 0) is 55.9 Å². The van der Waals surface area contributed by atoms with E-state index in [0.717, 1.165) is 11.7 Å². The van der Waals surface area contributed by atoms with Crippen LogP contribution in [-0.4, -0.2) is 16.1 Å². The van der Waals surface area contributed by atoms with Gasteiger partial charge in [0, 0.05) is 28.7 Å². The summed E-state index contributed by atoms with van der Waals surface area (Å²) in [6.07, 6.45) is 10.1. The van der Waals surface area contributed by atoms with E-state index in [4.69, 9.17) is 5.73 Å². The number of aromatic nitrogens is 1. The zero-order valence-electron chi connectivity index (χ0n) is 14.0. The van der Waals surface area contributed by atoms with Gasteiger partial charge in [-0.25, -0.2) is 0 Å². The molecule has 3 heteroatoms. The van der Waals surface area contributed by atoms with Crippen LogP contribution in [-0.2, 0) is 6.42 Å². The third kappa shape index (κ3) is 2.79. The fourth-order valence-corrected chi connectivity index (χ4v) is 5.55. The smallest absolute Gasteiger partial charge is 0.0454 e. The molecule has 1 saturated carbocycles. The van der Waals surface area contributed by atoms with E-state index in [2.05, 4.69) is 49.4 Å². The van der Waals surface area contributed by atoms with E-state index in [9.17, 15) is 0 Å². The van der Waals surface area contributed by atoms with Crippen molar-refractivity contribution in [1.82, 2.24) is 4.57 Å². The van der Waals surface area contributed by atoms with Crippen molar-refractivity contribution in [3.63, 3.8) is 0 Å². The molecular weight excluding hydrogens is 276 g/mol. The normalized spacial score (nSPS) is 32.0. The summed E-state index contributed by atoms with van der Waals surface area (Å²) >= 11 is 2.06. The van der Waals surface area contributed by atoms with Gasteiger partial charge in [0.25, 0.3) is 0 Å². The van der Waals surface area contributed by atoms with Crippen molar-refractivity contribution in [3.8, 4) is 0 Å². The standard InChI is InChI=1S/C18H30N2S/c1-12-9-13-14(19)10-18(2,3)11-16(13)20(12)15-7-5-6-8-17(15)21-4/h9,14-15,17H,5-8,10-11,19H2,1-4H3. The Morgan fingerprint density at radius 2 is 2.00 bits per heavy atom. The van der Waals surface area contributed by atoms with Gasteiger partial charge in [0.2, 0.25) is 0 Å². The molecule has 0 aliphatic heterocycles. The van der Waals surface area contributed by atoms with Gasteiger partial charge >= 0.3 is 0 Å². The lowest BCUT2D eigenvalue weighted by Crippen LogP contribution is -2.33. The van der Waals surface area contributed by atoms with E-state index in [1.54, 1.807) is 5.69 Å². The topological polar surface area (TPSA) is 30.9 Å². The van der Waals surface area contributed by atoms with Crippen LogP contribution in [0.5, 0.6) is 0 Å². The Hall–Kier alpha value is -0.410. The van der Waals surface area contributed by atoms with Crippen LogP contribution in [0.2, 0.25) is 0 Å². The van der Waals surface area contributed by atoms with Gasteiger partial charge in [-0.2, -0.15) is 11.8 Å². The van der Waals surface area contributed by atoms with Crippen molar-refractivity contribution in [3.05, 3.63) is 23.0 Å². The van der Waals surface area contributed by atoms with Crippen LogP contribution in [0.3, 0.4) is 0 Å². The lowest BCUT2D eigenvalue weighted by Gasteiger charge is -2.38. The summed E-state index contributed by atoms with van der Waals surface area (Å²) in [5.41, 5.74) is 11.2. The van der Waals surface area contributed by atoms with Crippen LogP contribution in [0.15, 0.2) is 6.07 Å². The second-order valence-electron chi connectivity index (χ2n) is 7.84. The zero-order chi connectivity index (χ0) is 15.2. The van der Waals surface area contributed by atoms with Crippen LogP contribution >= 0.6 is 11.8 Å². The van der Waals surface area contributed by atoms with Crippen molar-refractivity contribution >= 4 is 11.8 Å². The molecule has 0 radical (unpaired) electrons. The number of nitrogens with two attached hydrogens (primary N) is 1. The second-order valence-corrected chi connectivity index (χ2v) is 8.91. The molecule has 1 aromatic rings. The third-order valence-corrected chi connectivity index (χ3v) is 6.64. The highest BCUT2D eigenvalue weighted by molar-refractivity contribution is 7.99. The number of fused-ring (bicyclic) bond motifs is 1. The van der Waals surface area contributed by atoms with Gasteiger partial charge in [-0.3, -0.25) is 0 Å². The van der Waals surface area contributed by atoms with Crippen molar-refractivity contribution in [2.24, 2.45) is 11.1 Å². The number of nitrogens with zero attached hydrogens (tertiary/aromatic N) is 1. The molecule has 2 N–H and O–H groups in total. The molecule has 2 aliphatic carbocycles. The number of thioether (sulfide) groups is 1. The van der Waals surface area contributed by atoms with Crippen LogP contribution in [0.25, 0.3) is 0 Å². The Labute approximate surface area is 133 Å². The number of aryl methyl sites for hydroxylation is 1. The minimum atomic E-state index is 0.222. The minimum Gasteiger partial charge on any atom is -0.344 e. The van der Waals surface area contributed by atoms with E-state index >= 15 is 0 Å². The lowest BCUT2D eigenvalue weighted by molar-refractivity contribution is 0.264. The summed E-state index contributed by atoms with van der Waals surface area (Å²) in [4.78, 5) is 0. The van der Waals surface area contributed by atoms with Crippen LogP contribution in [0, 0.1) is 12.3 Å². The number of hydrogen-bond donors (Lipinski definition) is 1. The predicted octanol–water partition coefficient (Wildman–Crippen LogP) is 4.62. The molecule has 0 aromatic carbocycles. The maximum atomic E-state index is 6.48. The molecule has 0 saturated heterocycles. The fraction of sp³-hybridized carbons (Fsp3) is 0.778. The molecule has 0 amide bonds. The zero-order valence-corrected chi connectivity index (χ0v) is 14.8. The molecule has 2 aliphatic rings. The highest BCUT2D eigenvalue weighted by Gasteiger charge is 2.36. The van der Waals surface area contributed by atoms with Gasteiger partial charge in [0.1, 0.15) is 0 Å². The monoisotopic (exact) mass is 306 g/mol. The Bertz CT molecular complexity index is 518. The molecule has 0 bridgehead atoms. The molecule has 0 spiro atoms. The first-order valence-electron chi connectivity index (χ1n) is 8.42. The SMILES string of the molecule is CSC1CCCCC1n1c(C)cc2c1CC(C)(C)CC2N. The van der Waals surface area contributed by atoms with E-state index in [0.29, 0.717) is 11.5 Å².